The first-order valence-corrected chi connectivity index (χ1v) is 7.16. The van der Waals surface area contributed by atoms with E-state index in [1.54, 1.807) is 0 Å². The summed E-state index contributed by atoms with van der Waals surface area (Å²) < 4.78 is 29.4. The first-order valence-electron chi connectivity index (χ1n) is 6.63. The maximum atomic E-state index is 14.1. The van der Waals surface area contributed by atoms with Crippen molar-refractivity contribution in [2.45, 2.75) is 44.0 Å². The Hall–Kier alpha value is -1.16. The van der Waals surface area contributed by atoms with Crippen LogP contribution in [-0.2, 0) is 5.88 Å². The Bertz CT molecular complexity index is 603. The van der Waals surface area contributed by atoms with Gasteiger partial charge in [-0.2, -0.15) is 0 Å². The van der Waals surface area contributed by atoms with Gasteiger partial charge < -0.3 is 4.57 Å². The van der Waals surface area contributed by atoms with Gasteiger partial charge in [0.05, 0.1) is 11.4 Å². The Balaban J connectivity index is 2.21. The summed E-state index contributed by atoms with van der Waals surface area (Å²) in [4.78, 5) is 4.33. The molecule has 0 bridgehead atoms. The number of benzene rings is 1. The molecule has 0 amide bonds. The van der Waals surface area contributed by atoms with Gasteiger partial charge in [-0.25, -0.2) is 13.8 Å². The highest BCUT2D eigenvalue weighted by molar-refractivity contribution is 6.16. The van der Waals surface area contributed by atoms with Crippen molar-refractivity contribution in [3.63, 3.8) is 0 Å². The van der Waals surface area contributed by atoms with Crippen LogP contribution in [0.1, 0.15) is 44.0 Å². The Morgan fingerprint density at radius 1 is 1.21 bits per heavy atom. The third-order valence-electron chi connectivity index (χ3n) is 3.88. The molecule has 0 radical (unpaired) electrons. The predicted molar refractivity (Wildman–Crippen MR) is 71.3 cm³/mol. The number of alkyl halides is 1. The summed E-state index contributed by atoms with van der Waals surface area (Å²) in [5.74, 6) is -0.794. The van der Waals surface area contributed by atoms with E-state index in [2.05, 4.69) is 4.98 Å². The van der Waals surface area contributed by atoms with Crippen LogP contribution in [0.3, 0.4) is 0 Å². The molecule has 3 rings (SSSR count). The Kier molecular flexibility index (Phi) is 3.44. The minimum atomic E-state index is -0.828. The fraction of sp³-hybridized carbons (Fsp3) is 0.500. The topological polar surface area (TPSA) is 17.8 Å². The van der Waals surface area contributed by atoms with E-state index in [0.29, 0.717) is 11.3 Å². The van der Waals surface area contributed by atoms with Gasteiger partial charge in [0.2, 0.25) is 0 Å². The second-order valence-electron chi connectivity index (χ2n) is 5.05. The average molecular weight is 285 g/mol. The lowest BCUT2D eigenvalue weighted by Crippen LogP contribution is -2.15. The lowest BCUT2D eigenvalue weighted by atomic mass is 9.95. The van der Waals surface area contributed by atoms with E-state index in [-0.39, 0.29) is 17.4 Å². The van der Waals surface area contributed by atoms with E-state index in [9.17, 15) is 8.78 Å². The average Bonchev–Trinajstić information content (AvgIpc) is 2.83. The number of imidazole rings is 1. The van der Waals surface area contributed by atoms with Gasteiger partial charge in [0.1, 0.15) is 11.3 Å². The lowest BCUT2D eigenvalue weighted by Gasteiger charge is -2.25. The maximum absolute atomic E-state index is 14.1. The maximum Gasteiger partial charge on any atom is 0.184 e. The molecule has 1 saturated carbocycles. The van der Waals surface area contributed by atoms with E-state index in [0.717, 1.165) is 31.7 Å². The monoisotopic (exact) mass is 284 g/mol. The molecule has 1 aromatic carbocycles. The van der Waals surface area contributed by atoms with Crippen LogP contribution in [0.15, 0.2) is 12.1 Å². The molecule has 0 aliphatic heterocycles. The van der Waals surface area contributed by atoms with E-state index in [1.165, 1.54) is 12.5 Å². The minimum absolute atomic E-state index is 0.184. The van der Waals surface area contributed by atoms with Gasteiger partial charge in [-0.1, -0.05) is 19.3 Å². The summed E-state index contributed by atoms with van der Waals surface area (Å²) in [5.41, 5.74) is 0.752. The summed E-state index contributed by atoms with van der Waals surface area (Å²) in [7, 11) is 0. The number of halogens is 3. The van der Waals surface area contributed by atoms with Gasteiger partial charge in [0, 0.05) is 6.04 Å². The second-order valence-corrected chi connectivity index (χ2v) is 5.32. The molecular weight excluding hydrogens is 270 g/mol. The summed E-state index contributed by atoms with van der Waals surface area (Å²) in [6.45, 7) is 0. The van der Waals surface area contributed by atoms with Gasteiger partial charge >= 0.3 is 0 Å². The standard InChI is InChI=1S/C14H15ClF2N2/c15-8-12-18-11-7-6-10(16)13(17)14(11)19(12)9-4-2-1-3-5-9/h6-7,9H,1-5,8H2. The fourth-order valence-electron chi connectivity index (χ4n) is 3.00. The summed E-state index contributed by atoms with van der Waals surface area (Å²) in [5, 5.41) is 0. The summed E-state index contributed by atoms with van der Waals surface area (Å²) >= 11 is 5.92. The molecule has 19 heavy (non-hydrogen) atoms. The molecule has 1 aliphatic rings. The van der Waals surface area contributed by atoms with Crippen LogP contribution in [0.5, 0.6) is 0 Å². The molecule has 0 unspecified atom stereocenters. The molecule has 5 heteroatoms. The zero-order valence-corrected chi connectivity index (χ0v) is 11.3. The normalized spacial score (nSPS) is 17.2. The van der Waals surface area contributed by atoms with Gasteiger partial charge in [0.25, 0.3) is 0 Å². The molecule has 1 fully saturated rings. The first-order chi connectivity index (χ1) is 9.22. The Morgan fingerprint density at radius 3 is 2.63 bits per heavy atom. The van der Waals surface area contributed by atoms with Crippen molar-refractivity contribution in [3.05, 3.63) is 29.6 Å². The van der Waals surface area contributed by atoms with Crippen LogP contribution >= 0.6 is 11.6 Å². The zero-order valence-electron chi connectivity index (χ0n) is 10.5. The molecule has 0 saturated heterocycles. The fourth-order valence-corrected chi connectivity index (χ4v) is 3.19. The predicted octanol–water partition coefficient (Wildman–Crippen LogP) is 4.56. The number of hydrogen-bond acceptors (Lipinski definition) is 1. The largest absolute Gasteiger partial charge is 0.321 e. The highest BCUT2D eigenvalue weighted by Crippen LogP contribution is 2.34. The van der Waals surface area contributed by atoms with Crippen molar-refractivity contribution in [1.29, 1.82) is 0 Å². The van der Waals surface area contributed by atoms with E-state index < -0.39 is 11.6 Å². The van der Waals surface area contributed by atoms with Gasteiger partial charge in [0.15, 0.2) is 11.6 Å². The van der Waals surface area contributed by atoms with Crippen LogP contribution in [0.2, 0.25) is 0 Å². The van der Waals surface area contributed by atoms with Gasteiger partial charge in [-0.15, -0.1) is 11.6 Å². The quantitative estimate of drug-likeness (QED) is 0.739. The molecule has 1 aliphatic carbocycles. The number of aromatic nitrogens is 2. The lowest BCUT2D eigenvalue weighted by molar-refractivity contribution is 0.351. The Labute approximate surface area is 115 Å². The van der Waals surface area contributed by atoms with Crippen LogP contribution in [0.4, 0.5) is 8.78 Å². The molecule has 0 spiro atoms. The number of rotatable bonds is 2. The first kappa shape index (κ1) is 12.9. The van der Waals surface area contributed by atoms with Crippen molar-refractivity contribution in [2.75, 3.05) is 0 Å². The number of hydrogen-bond donors (Lipinski definition) is 0. The van der Waals surface area contributed by atoms with Crippen LogP contribution in [-0.4, -0.2) is 9.55 Å². The zero-order chi connectivity index (χ0) is 13.4. The second kappa shape index (κ2) is 5.08. The molecular formula is C14H15ClF2N2. The van der Waals surface area contributed by atoms with Crippen LogP contribution in [0, 0.1) is 11.6 Å². The van der Waals surface area contributed by atoms with Crippen molar-refractivity contribution >= 4 is 22.6 Å². The van der Waals surface area contributed by atoms with E-state index >= 15 is 0 Å². The number of fused-ring (bicyclic) bond motifs is 1. The van der Waals surface area contributed by atoms with Crippen LogP contribution < -0.4 is 0 Å². The molecule has 2 nitrogen and oxygen atoms in total. The van der Waals surface area contributed by atoms with Crippen molar-refractivity contribution in [2.24, 2.45) is 0 Å². The molecule has 1 aromatic heterocycles. The van der Waals surface area contributed by atoms with Gasteiger partial charge in [-0.3, -0.25) is 0 Å². The van der Waals surface area contributed by atoms with Crippen molar-refractivity contribution in [1.82, 2.24) is 9.55 Å². The molecule has 102 valence electrons. The molecule has 1 heterocycles. The van der Waals surface area contributed by atoms with Gasteiger partial charge in [-0.05, 0) is 25.0 Å². The van der Waals surface area contributed by atoms with Crippen molar-refractivity contribution in [3.8, 4) is 0 Å². The van der Waals surface area contributed by atoms with Crippen molar-refractivity contribution < 1.29 is 8.78 Å². The third kappa shape index (κ3) is 2.12. The summed E-state index contributed by atoms with van der Waals surface area (Å²) in [6, 6.07) is 2.82. The smallest absolute Gasteiger partial charge is 0.184 e. The highest BCUT2D eigenvalue weighted by atomic mass is 35.5. The van der Waals surface area contributed by atoms with E-state index in [1.807, 2.05) is 4.57 Å². The number of nitrogens with zero attached hydrogens (tertiary/aromatic N) is 2. The molecule has 2 aromatic rings. The molecule has 0 atom stereocenters. The SMILES string of the molecule is Fc1ccc2nc(CCl)n(C3CCCCC3)c2c1F. The van der Waals surface area contributed by atoms with Crippen LogP contribution in [0.25, 0.3) is 11.0 Å². The Morgan fingerprint density at radius 2 is 1.95 bits per heavy atom. The highest BCUT2D eigenvalue weighted by Gasteiger charge is 2.24. The minimum Gasteiger partial charge on any atom is -0.321 e. The molecule has 0 N–H and O–H groups in total. The summed E-state index contributed by atoms with van der Waals surface area (Å²) in [6.07, 6.45) is 5.39. The third-order valence-corrected chi connectivity index (χ3v) is 4.11. The van der Waals surface area contributed by atoms with E-state index in [4.69, 9.17) is 11.6 Å².